The van der Waals surface area contributed by atoms with Crippen LogP contribution in [0.25, 0.3) is 0 Å². The van der Waals surface area contributed by atoms with E-state index in [1.807, 2.05) is 24.0 Å². The van der Waals surface area contributed by atoms with E-state index in [2.05, 4.69) is 48.6 Å². The van der Waals surface area contributed by atoms with E-state index in [-0.39, 0.29) is 24.4 Å². The van der Waals surface area contributed by atoms with Crippen molar-refractivity contribution in [1.29, 1.82) is 0 Å². The van der Waals surface area contributed by atoms with Gasteiger partial charge in [-0.15, -0.1) is 12.4 Å². The van der Waals surface area contributed by atoms with Crippen LogP contribution in [0.5, 0.6) is 0 Å². The second-order valence-electron chi connectivity index (χ2n) is 6.19. The Bertz CT molecular complexity index is 702. The molecule has 0 saturated carbocycles. The molecular formula is C20H25ClN2O. The lowest BCUT2D eigenvalue weighted by molar-refractivity contribution is -0.134. The molecule has 0 bridgehead atoms. The molecule has 1 N–H and O–H groups in total. The molecule has 0 fully saturated rings. The van der Waals surface area contributed by atoms with Crippen molar-refractivity contribution in [2.45, 2.75) is 39.4 Å². The van der Waals surface area contributed by atoms with Crippen LogP contribution < -0.4 is 5.32 Å². The lowest BCUT2D eigenvalue weighted by Gasteiger charge is -2.31. The van der Waals surface area contributed by atoms with Crippen LogP contribution >= 0.6 is 12.4 Å². The number of nitrogens with one attached hydrogen (secondary N) is 1. The summed E-state index contributed by atoms with van der Waals surface area (Å²) in [5.74, 6) is 0.199. The zero-order valence-electron chi connectivity index (χ0n) is 14.3. The van der Waals surface area contributed by atoms with Crippen molar-refractivity contribution < 1.29 is 4.79 Å². The van der Waals surface area contributed by atoms with Gasteiger partial charge in [-0.25, -0.2) is 0 Å². The van der Waals surface area contributed by atoms with Crippen molar-refractivity contribution in [3.63, 3.8) is 0 Å². The van der Waals surface area contributed by atoms with Crippen LogP contribution in [-0.2, 0) is 24.3 Å². The first kappa shape index (κ1) is 18.5. The Morgan fingerprint density at radius 2 is 1.79 bits per heavy atom. The molecule has 1 atom stereocenters. The maximum absolute atomic E-state index is 12.9. The third kappa shape index (κ3) is 3.97. The first-order chi connectivity index (χ1) is 11.2. The van der Waals surface area contributed by atoms with E-state index in [9.17, 15) is 4.79 Å². The van der Waals surface area contributed by atoms with Gasteiger partial charge in [0.25, 0.3) is 0 Å². The predicted octanol–water partition coefficient (Wildman–Crippen LogP) is 3.48. The molecule has 1 aliphatic rings. The summed E-state index contributed by atoms with van der Waals surface area (Å²) in [6.07, 6.45) is 0.777. The van der Waals surface area contributed by atoms with Crippen molar-refractivity contribution in [1.82, 2.24) is 10.2 Å². The number of halogens is 1. The van der Waals surface area contributed by atoms with Crippen LogP contribution in [-0.4, -0.2) is 23.4 Å². The van der Waals surface area contributed by atoms with Gasteiger partial charge < -0.3 is 10.2 Å². The van der Waals surface area contributed by atoms with Crippen molar-refractivity contribution in [3.05, 3.63) is 70.8 Å². The van der Waals surface area contributed by atoms with E-state index < -0.39 is 0 Å². The van der Waals surface area contributed by atoms with Gasteiger partial charge in [0.2, 0.25) is 5.91 Å². The predicted molar refractivity (Wildman–Crippen MR) is 100 cm³/mol. The van der Waals surface area contributed by atoms with Gasteiger partial charge in [-0.2, -0.15) is 0 Å². The topological polar surface area (TPSA) is 32.3 Å². The second-order valence-corrected chi connectivity index (χ2v) is 6.19. The zero-order chi connectivity index (χ0) is 16.2. The van der Waals surface area contributed by atoms with Crippen LogP contribution in [0, 0.1) is 6.92 Å². The van der Waals surface area contributed by atoms with Crippen LogP contribution in [0.3, 0.4) is 0 Å². The SMILES string of the molecule is CCN(Cc1ccccc1C)C(=O)C1Cc2ccccc2CN1.Cl. The molecular weight excluding hydrogens is 320 g/mol. The van der Waals surface area contributed by atoms with E-state index in [0.717, 1.165) is 19.5 Å². The number of hydrogen-bond acceptors (Lipinski definition) is 2. The Labute approximate surface area is 150 Å². The Morgan fingerprint density at radius 1 is 1.12 bits per heavy atom. The molecule has 4 heteroatoms. The lowest BCUT2D eigenvalue weighted by Crippen LogP contribution is -2.49. The van der Waals surface area contributed by atoms with Gasteiger partial charge in [-0.1, -0.05) is 48.5 Å². The summed E-state index contributed by atoms with van der Waals surface area (Å²) in [6, 6.07) is 16.5. The first-order valence-electron chi connectivity index (χ1n) is 8.32. The smallest absolute Gasteiger partial charge is 0.240 e. The molecule has 0 saturated heterocycles. The highest BCUT2D eigenvalue weighted by atomic mass is 35.5. The number of benzene rings is 2. The molecule has 1 heterocycles. The number of aryl methyl sites for hydroxylation is 1. The number of carbonyl (C=O) groups is 1. The summed E-state index contributed by atoms with van der Waals surface area (Å²) in [4.78, 5) is 14.9. The van der Waals surface area contributed by atoms with Gasteiger partial charge >= 0.3 is 0 Å². The van der Waals surface area contributed by atoms with Crippen molar-refractivity contribution >= 4 is 18.3 Å². The fourth-order valence-electron chi connectivity index (χ4n) is 3.19. The van der Waals surface area contributed by atoms with Crippen molar-refractivity contribution in [2.24, 2.45) is 0 Å². The minimum atomic E-state index is -0.117. The van der Waals surface area contributed by atoms with E-state index in [1.165, 1.54) is 22.3 Å². The molecule has 3 rings (SSSR count). The lowest BCUT2D eigenvalue weighted by atomic mass is 9.95. The summed E-state index contributed by atoms with van der Waals surface area (Å²) in [6.45, 7) is 6.33. The average molecular weight is 345 g/mol. The summed E-state index contributed by atoms with van der Waals surface area (Å²) in [5.41, 5.74) is 5.05. The van der Waals surface area contributed by atoms with Gasteiger partial charge in [0.15, 0.2) is 0 Å². The molecule has 0 aromatic heterocycles. The standard InChI is InChI=1S/C20H24N2O.ClH/c1-3-22(14-18-11-5-4-8-15(18)2)20(23)19-12-16-9-6-7-10-17(16)13-21-19;/h4-11,19,21H,3,12-14H2,1-2H3;1H. The molecule has 2 aromatic carbocycles. The highest BCUT2D eigenvalue weighted by Gasteiger charge is 2.27. The quantitative estimate of drug-likeness (QED) is 0.921. The van der Waals surface area contributed by atoms with E-state index in [1.54, 1.807) is 0 Å². The number of carbonyl (C=O) groups excluding carboxylic acids is 1. The van der Waals surface area contributed by atoms with Crippen molar-refractivity contribution in [3.8, 4) is 0 Å². The van der Waals surface area contributed by atoms with Crippen LogP contribution in [0.1, 0.15) is 29.2 Å². The highest BCUT2D eigenvalue weighted by molar-refractivity contribution is 5.85. The average Bonchev–Trinajstić information content (AvgIpc) is 2.60. The highest BCUT2D eigenvalue weighted by Crippen LogP contribution is 2.18. The second kappa shape index (κ2) is 8.32. The van der Waals surface area contributed by atoms with Crippen molar-refractivity contribution in [2.75, 3.05) is 6.54 Å². The number of fused-ring (bicyclic) bond motifs is 1. The fourth-order valence-corrected chi connectivity index (χ4v) is 3.19. The number of amides is 1. The summed E-state index contributed by atoms with van der Waals surface area (Å²) >= 11 is 0. The van der Waals surface area contributed by atoms with E-state index in [4.69, 9.17) is 0 Å². The molecule has 2 aromatic rings. The van der Waals surface area contributed by atoms with Gasteiger partial charge in [0.05, 0.1) is 6.04 Å². The Morgan fingerprint density at radius 3 is 2.50 bits per heavy atom. The molecule has 1 aliphatic heterocycles. The van der Waals surface area contributed by atoms with Gasteiger partial charge in [-0.05, 0) is 42.5 Å². The molecule has 0 radical (unpaired) electrons. The number of nitrogens with zero attached hydrogens (tertiary/aromatic N) is 1. The molecule has 128 valence electrons. The van der Waals surface area contributed by atoms with Crippen LogP contribution in [0.15, 0.2) is 48.5 Å². The molecule has 0 spiro atoms. The normalized spacial score (nSPS) is 16.0. The fraction of sp³-hybridized carbons (Fsp3) is 0.350. The van der Waals surface area contributed by atoms with Gasteiger partial charge in [-0.3, -0.25) is 4.79 Å². The number of likely N-dealkylation sites (N-methyl/N-ethyl adjacent to an activating group) is 1. The van der Waals surface area contributed by atoms with Gasteiger partial charge in [0, 0.05) is 19.6 Å². The molecule has 24 heavy (non-hydrogen) atoms. The summed E-state index contributed by atoms with van der Waals surface area (Å²) in [7, 11) is 0. The van der Waals surface area contributed by atoms with Gasteiger partial charge in [0.1, 0.15) is 0 Å². The Hall–Kier alpha value is -1.84. The molecule has 3 nitrogen and oxygen atoms in total. The number of hydrogen-bond donors (Lipinski definition) is 1. The Kier molecular flexibility index (Phi) is 6.41. The van der Waals surface area contributed by atoms with Crippen LogP contribution in [0.2, 0.25) is 0 Å². The molecule has 1 unspecified atom stereocenters. The summed E-state index contributed by atoms with van der Waals surface area (Å²) in [5, 5.41) is 3.40. The largest absolute Gasteiger partial charge is 0.337 e. The molecule has 1 amide bonds. The molecule has 0 aliphatic carbocycles. The minimum Gasteiger partial charge on any atom is -0.337 e. The maximum atomic E-state index is 12.9. The zero-order valence-corrected chi connectivity index (χ0v) is 15.1. The third-order valence-electron chi connectivity index (χ3n) is 4.70. The maximum Gasteiger partial charge on any atom is 0.240 e. The minimum absolute atomic E-state index is 0. The first-order valence-corrected chi connectivity index (χ1v) is 8.32. The summed E-state index contributed by atoms with van der Waals surface area (Å²) < 4.78 is 0. The third-order valence-corrected chi connectivity index (χ3v) is 4.70. The van der Waals surface area contributed by atoms with E-state index >= 15 is 0 Å². The Balaban J connectivity index is 0.00000208. The van der Waals surface area contributed by atoms with E-state index in [0.29, 0.717) is 6.54 Å². The van der Waals surface area contributed by atoms with Crippen LogP contribution in [0.4, 0.5) is 0 Å². The monoisotopic (exact) mass is 344 g/mol. The number of rotatable bonds is 4.